The highest BCUT2D eigenvalue weighted by Gasteiger charge is 2.30. The Labute approximate surface area is 87.3 Å². The highest BCUT2D eigenvalue weighted by atomic mass is 32.1. The van der Waals surface area contributed by atoms with Gasteiger partial charge in [0.1, 0.15) is 0 Å². The molecule has 1 aliphatic heterocycles. The van der Waals surface area contributed by atoms with E-state index in [0.717, 1.165) is 17.6 Å². The van der Waals surface area contributed by atoms with Crippen LogP contribution in [0, 0.1) is 11.8 Å². The van der Waals surface area contributed by atoms with Gasteiger partial charge in [-0.2, -0.15) is 12.6 Å². The Hall–Kier alpha value is 0.310. The highest BCUT2D eigenvalue weighted by molar-refractivity contribution is 7.80. The largest absolute Gasteiger partial charge is 0.302 e. The van der Waals surface area contributed by atoms with Crippen molar-refractivity contribution in [2.75, 3.05) is 25.4 Å². The Bertz CT molecular complexity index is 160. The zero-order valence-corrected chi connectivity index (χ0v) is 9.31. The van der Waals surface area contributed by atoms with Crippen molar-refractivity contribution in [2.45, 2.75) is 32.1 Å². The van der Waals surface area contributed by atoms with Gasteiger partial charge in [0.15, 0.2) is 0 Å². The SMILES string of the molecule is SCCN1CCC2CCCCC2C1. The highest BCUT2D eigenvalue weighted by Crippen LogP contribution is 2.35. The molecule has 2 heteroatoms. The molecule has 0 bridgehead atoms. The van der Waals surface area contributed by atoms with E-state index in [1.807, 2.05) is 0 Å². The molecule has 1 saturated carbocycles. The van der Waals surface area contributed by atoms with Crippen LogP contribution in [-0.4, -0.2) is 30.3 Å². The van der Waals surface area contributed by atoms with Crippen molar-refractivity contribution in [3.8, 4) is 0 Å². The average molecular weight is 199 g/mol. The van der Waals surface area contributed by atoms with Crippen LogP contribution in [0.2, 0.25) is 0 Å². The Morgan fingerprint density at radius 2 is 1.85 bits per heavy atom. The van der Waals surface area contributed by atoms with Gasteiger partial charge in [0.05, 0.1) is 0 Å². The van der Waals surface area contributed by atoms with Gasteiger partial charge < -0.3 is 4.90 Å². The van der Waals surface area contributed by atoms with E-state index < -0.39 is 0 Å². The summed E-state index contributed by atoms with van der Waals surface area (Å²) >= 11 is 4.31. The molecule has 0 aromatic carbocycles. The van der Waals surface area contributed by atoms with Crippen LogP contribution >= 0.6 is 12.6 Å². The molecule has 2 rings (SSSR count). The summed E-state index contributed by atoms with van der Waals surface area (Å²) in [5.41, 5.74) is 0. The monoisotopic (exact) mass is 199 g/mol. The second-order valence-electron chi connectivity index (χ2n) is 4.62. The van der Waals surface area contributed by atoms with Gasteiger partial charge in [0, 0.05) is 18.8 Å². The van der Waals surface area contributed by atoms with E-state index in [9.17, 15) is 0 Å². The third kappa shape index (κ3) is 2.41. The number of piperidine rings is 1. The fourth-order valence-electron chi connectivity index (χ4n) is 3.02. The van der Waals surface area contributed by atoms with E-state index in [1.165, 1.54) is 51.7 Å². The third-order valence-corrected chi connectivity index (χ3v) is 3.99. The molecular formula is C11H21NS. The lowest BCUT2D eigenvalue weighted by molar-refractivity contribution is 0.0916. The smallest absolute Gasteiger partial charge is 0.00699 e. The number of rotatable bonds is 2. The molecule has 0 aromatic rings. The normalized spacial score (nSPS) is 35.8. The average Bonchev–Trinajstić information content (AvgIpc) is 2.18. The quantitative estimate of drug-likeness (QED) is 0.669. The Kier molecular flexibility index (Phi) is 3.56. The number of likely N-dealkylation sites (tertiary alicyclic amines) is 1. The fourth-order valence-corrected chi connectivity index (χ4v) is 3.30. The van der Waals surface area contributed by atoms with Gasteiger partial charge >= 0.3 is 0 Å². The minimum atomic E-state index is 1.03. The molecule has 0 N–H and O–H groups in total. The first kappa shape index (κ1) is 9.85. The third-order valence-electron chi connectivity index (χ3n) is 3.79. The van der Waals surface area contributed by atoms with Gasteiger partial charge in [-0.3, -0.25) is 0 Å². The van der Waals surface area contributed by atoms with Crippen LogP contribution in [0.4, 0.5) is 0 Å². The van der Waals surface area contributed by atoms with E-state index in [0.29, 0.717) is 0 Å². The molecule has 2 unspecified atom stereocenters. The van der Waals surface area contributed by atoms with Crippen LogP contribution in [0.15, 0.2) is 0 Å². The number of hydrogen-bond acceptors (Lipinski definition) is 2. The lowest BCUT2D eigenvalue weighted by atomic mass is 9.75. The maximum Gasteiger partial charge on any atom is 0.00699 e. The van der Waals surface area contributed by atoms with E-state index in [4.69, 9.17) is 0 Å². The summed E-state index contributed by atoms with van der Waals surface area (Å²) in [6, 6.07) is 0. The minimum Gasteiger partial charge on any atom is -0.302 e. The van der Waals surface area contributed by atoms with Gasteiger partial charge in [-0.1, -0.05) is 19.3 Å². The Morgan fingerprint density at radius 1 is 1.08 bits per heavy atom. The van der Waals surface area contributed by atoms with Gasteiger partial charge in [-0.15, -0.1) is 0 Å². The van der Waals surface area contributed by atoms with Crippen LogP contribution < -0.4 is 0 Å². The van der Waals surface area contributed by atoms with E-state index in [-0.39, 0.29) is 0 Å². The molecule has 2 aliphatic rings. The summed E-state index contributed by atoms with van der Waals surface area (Å²) in [5.74, 6) is 3.13. The number of nitrogens with zero attached hydrogens (tertiary/aromatic N) is 1. The molecule has 2 atom stereocenters. The van der Waals surface area contributed by atoms with E-state index in [2.05, 4.69) is 17.5 Å². The molecule has 1 saturated heterocycles. The standard InChI is InChI=1S/C11H21NS/c13-8-7-12-6-5-10-3-1-2-4-11(10)9-12/h10-11,13H,1-9H2. The van der Waals surface area contributed by atoms with Crippen LogP contribution in [0.5, 0.6) is 0 Å². The van der Waals surface area contributed by atoms with Crippen molar-refractivity contribution in [1.29, 1.82) is 0 Å². The van der Waals surface area contributed by atoms with Gasteiger partial charge in [-0.05, 0) is 31.2 Å². The van der Waals surface area contributed by atoms with Crippen molar-refractivity contribution in [3.63, 3.8) is 0 Å². The van der Waals surface area contributed by atoms with Crippen LogP contribution in [0.25, 0.3) is 0 Å². The van der Waals surface area contributed by atoms with Gasteiger partial charge in [0.25, 0.3) is 0 Å². The molecule has 76 valence electrons. The van der Waals surface area contributed by atoms with E-state index in [1.54, 1.807) is 0 Å². The molecule has 1 aliphatic carbocycles. The molecule has 1 nitrogen and oxygen atoms in total. The van der Waals surface area contributed by atoms with Crippen molar-refractivity contribution >= 4 is 12.6 Å². The van der Waals surface area contributed by atoms with Crippen molar-refractivity contribution in [1.82, 2.24) is 4.90 Å². The predicted octanol–water partition coefficient (Wildman–Crippen LogP) is 2.43. The summed E-state index contributed by atoms with van der Waals surface area (Å²) in [6.45, 7) is 3.90. The summed E-state index contributed by atoms with van der Waals surface area (Å²) in [5, 5.41) is 0. The van der Waals surface area contributed by atoms with Gasteiger partial charge in [-0.25, -0.2) is 0 Å². The molecule has 13 heavy (non-hydrogen) atoms. The zero-order chi connectivity index (χ0) is 9.10. The lowest BCUT2D eigenvalue weighted by Crippen LogP contribution is -2.42. The molecule has 0 amide bonds. The molecule has 0 aromatic heterocycles. The first-order valence-corrected chi connectivity index (χ1v) is 6.36. The molecule has 2 fully saturated rings. The lowest BCUT2D eigenvalue weighted by Gasteiger charge is -2.41. The molecule has 0 radical (unpaired) electrons. The van der Waals surface area contributed by atoms with Gasteiger partial charge in [0.2, 0.25) is 0 Å². The molecular weight excluding hydrogens is 178 g/mol. The Morgan fingerprint density at radius 3 is 2.62 bits per heavy atom. The van der Waals surface area contributed by atoms with Crippen molar-refractivity contribution < 1.29 is 0 Å². The zero-order valence-electron chi connectivity index (χ0n) is 8.41. The van der Waals surface area contributed by atoms with Crippen LogP contribution in [0.1, 0.15) is 32.1 Å². The van der Waals surface area contributed by atoms with Crippen LogP contribution in [-0.2, 0) is 0 Å². The number of thiol groups is 1. The fraction of sp³-hybridized carbons (Fsp3) is 1.00. The first-order chi connectivity index (χ1) is 6.40. The predicted molar refractivity (Wildman–Crippen MR) is 60.4 cm³/mol. The number of fused-ring (bicyclic) bond motifs is 1. The maximum atomic E-state index is 4.31. The summed E-state index contributed by atoms with van der Waals surface area (Å²) in [4.78, 5) is 2.61. The first-order valence-electron chi connectivity index (χ1n) is 5.73. The van der Waals surface area contributed by atoms with Crippen molar-refractivity contribution in [2.24, 2.45) is 11.8 Å². The molecule has 1 heterocycles. The van der Waals surface area contributed by atoms with Crippen LogP contribution in [0.3, 0.4) is 0 Å². The summed E-state index contributed by atoms with van der Waals surface area (Å²) in [6.07, 6.45) is 7.44. The summed E-state index contributed by atoms with van der Waals surface area (Å²) < 4.78 is 0. The van der Waals surface area contributed by atoms with Crippen molar-refractivity contribution in [3.05, 3.63) is 0 Å². The van der Waals surface area contributed by atoms with E-state index >= 15 is 0 Å². The second-order valence-corrected chi connectivity index (χ2v) is 5.06. The Balaban J connectivity index is 1.84. The maximum absolute atomic E-state index is 4.31. The topological polar surface area (TPSA) is 3.24 Å². The minimum absolute atomic E-state index is 1.03. The molecule has 0 spiro atoms. The summed E-state index contributed by atoms with van der Waals surface area (Å²) in [7, 11) is 0. The number of hydrogen-bond donors (Lipinski definition) is 1. The second kappa shape index (κ2) is 4.70.